The second kappa shape index (κ2) is 11.0. The van der Waals surface area contributed by atoms with Gasteiger partial charge in [0.15, 0.2) is 0 Å². The first kappa shape index (κ1) is 27.1. The number of carboxylic acid groups (broad SMARTS) is 1. The van der Waals surface area contributed by atoms with Crippen LogP contribution in [0, 0.1) is 19.3 Å². The van der Waals surface area contributed by atoms with Crippen LogP contribution in [0.1, 0.15) is 60.3 Å². The summed E-state index contributed by atoms with van der Waals surface area (Å²) in [5.41, 5.74) is 10.1. The molecule has 0 bridgehead atoms. The van der Waals surface area contributed by atoms with Crippen LogP contribution in [0.4, 0.5) is 5.69 Å². The number of anilines is 1. The molecule has 0 saturated carbocycles. The fourth-order valence-corrected chi connectivity index (χ4v) is 6.05. The van der Waals surface area contributed by atoms with Crippen molar-refractivity contribution in [3.05, 3.63) is 70.2 Å². The lowest BCUT2D eigenvalue weighted by atomic mass is 9.82. The average Bonchev–Trinajstić information content (AvgIpc) is 2.90. The zero-order chi connectivity index (χ0) is 27.7. The summed E-state index contributed by atoms with van der Waals surface area (Å²) in [5.74, 6) is -0.179. The van der Waals surface area contributed by atoms with Gasteiger partial charge in [0.2, 0.25) is 5.88 Å². The molecule has 0 radical (unpaired) electrons. The Morgan fingerprint density at radius 1 is 1.05 bits per heavy atom. The Morgan fingerprint density at radius 3 is 2.49 bits per heavy atom. The Hall–Kier alpha value is -3.45. The predicted molar refractivity (Wildman–Crippen MR) is 154 cm³/mol. The molecular weight excluding hydrogens is 488 g/mol. The normalized spacial score (nSPS) is 17.1. The third-order valence-corrected chi connectivity index (χ3v) is 8.42. The van der Waals surface area contributed by atoms with Crippen molar-refractivity contribution < 1.29 is 14.6 Å². The summed E-state index contributed by atoms with van der Waals surface area (Å²) in [4.78, 5) is 26.0. The summed E-state index contributed by atoms with van der Waals surface area (Å²) in [6.45, 7) is 13.2. The van der Waals surface area contributed by atoms with Crippen molar-refractivity contribution in [2.75, 3.05) is 31.6 Å². The molecule has 1 saturated heterocycles. The molecule has 1 N–H and O–H groups in total. The van der Waals surface area contributed by atoms with E-state index in [0.29, 0.717) is 11.3 Å². The lowest BCUT2D eigenvalue weighted by molar-refractivity contribution is -0.136. The molecule has 2 aliphatic rings. The number of piperidine rings is 1. The third kappa shape index (κ3) is 5.93. The second-order valence-corrected chi connectivity index (χ2v) is 11.9. The van der Waals surface area contributed by atoms with Crippen molar-refractivity contribution in [3.63, 3.8) is 0 Å². The molecule has 39 heavy (non-hydrogen) atoms. The van der Waals surface area contributed by atoms with Crippen LogP contribution in [0.3, 0.4) is 0 Å². The number of nitrogens with zero attached hydrogens (tertiary/aromatic N) is 4. The van der Waals surface area contributed by atoms with Crippen LogP contribution < -0.4 is 9.64 Å². The van der Waals surface area contributed by atoms with Crippen molar-refractivity contribution in [1.29, 1.82) is 0 Å². The molecular formula is C32H40N4O3. The van der Waals surface area contributed by atoms with Crippen LogP contribution in [-0.2, 0) is 30.7 Å². The maximum Gasteiger partial charge on any atom is 0.307 e. The van der Waals surface area contributed by atoms with E-state index >= 15 is 0 Å². The van der Waals surface area contributed by atoms with E-state index in [4.69, 9.17) is 9.72 Å². The number of ether oxygens (including phenoxy) is 1. The number of rotatable bonds is 7. The van der Waals surface area contributed by atoms with E-state index in [2.05, 4.69) is 59.8 Å². The van der Waals surface area contributed by atoms with E-state index in [1.165, 1.54) is 16.7 Å². The summed E-state index contributed by atoms with van der Waals surface area (Å²) in [6, 6.07) is 10.8. The molecule has 3 aromatic rings. The highest BCUT2D eigenvalue weighted by Gasteiger charge is 2.30. The van der Waals surface area contributed by atoms with Gasteiger partial charge in [0.05, 0.1) is 19.2 Å². The summed E-state index contributed by atoms with van der Waals surface area (Å²) in [6.07, 6.45) is 5.02. The van der Waals surface area contributed by atoms with Gasteiger partial charge in [0.1, 0.15) is 0 Å². The highest BCUT2D eigenvalue weighted by atomic mass is 16.5. The largest absolute Gasteiger partial charge is 0.481 e. The maximum atomic E-state index is 11.9. The molecule has 0 aliphatic carbocycles. The first-order chi connectivity index (χ1) is 18.6. The summed E-state index contributed by atoms with van der Waals surface area (Å²) in [7, 11) is 1.63. The highest BCUT2D eigenvalue weighted by molar-refractivity contribution is 5.86. The Balaban J connectivity index is 1.47. The van der Waals surface area contributed by atoms with Gasteiger partial charge in [-0.3, -0.25) is 14.7 Å². The number of carboxylic acids is 1. The molecule has 0 atom stereocenters. The summed E-state index contributed by atoms with van der Waals surface area (Å²) >= 11 is 0. The summed E-state index contributed by atoms with van der Waals surface area (Å²) in [5, 5.41) is 9.78. The van der Waals surface area contributed by atoms with E-state index in [1.807, 2.05) is 19.2 Å². The number of carbonyl (C=O) groups is 1. The van der Waals surface area contributed by atoms with Crippen LogP contribution in [0.15, 0.2) is 36.5 Å². The molecule has 0 amide bonds. The Labute approximate surface area is 231 Å². The maximum absolute atomic E-state index is 11.9. The lowest BCUT2D eigenvalue weighted by Crippen LogP contribution is -2.38. The summed E-state index contributed by atoms with van der Waals surface area (Å²) < 4.78 is 5.19. The van der Waals surface area contributed by atoms with Gasteiger partial charge in [-0.15, -0.1) is 0 Å². The van der Waals surface area contributed by atoms with Gasteiger partial charge in [0, 0.05) is 67.5 Å². The molecule has 0 unspecified atom stereocenters. The van der Waals surface area contributed by atoms with Gasteiger partial charge in [-0.25, -0.2) is 4.98 Å². The van der Waals surface area contributed by atoms with Crippen molar-refractivity contribution >= 4 is 11.7 Å². The monoisotopic (exact) mass is 528 g/mol. The standard InChI is InChI=1S/C32H40N4O3/c1-21-27(17-29(37)38)31(36-14-11-32(3,4)12-15-36)30(22(2)34-21)25-7-8-26-20-35(13-10-24(26)16-25)19-23-6-9-28(39-5)33-18-23/h6-9,16,18H,10-15,17,19-20H2,1-5H3,(H,37,38). The first-order valence-corrected chi connectivity index (χ1v) is 13.9. The van der Waals surface area contributed by atoms with Crippen LogP contribution >= 0.6 is 0 Å². The number of pyridine rings is 2. The van der Waals surface area contributed by atoms with Crippen LogP contribution in [0.2, 0.25) is 0 Å². The zero-order valence-electron chi connectivity index (χ0n) is 23.9. The minimum absolute atomic E-state index is 0.0124. The SMILES string of the molecule is COc1ccc(CN2CCc3cc(-c4c(C)nc(C)c(CC(=O)O)c4N4CCC(C)(C)CC4)ccc3C2)cn1. The van der Waals surface area contributed by atoms with Gasteiger partial charge in [-0.2, -0.15) is 0 Å². The molecule has 7 nitrogen and oxygen atoms in total. The quantitative estimate of drug-likeness (QED) is 0.429. The molecule has 1 fully saturated rings. The highest BCUT2D eigenvalue weighted by Crippen LogP contribution is 2.42. The van der Waals surface area contributed by atoms with Crippen molar-refractivity contribution in [1.82, 2.24) is 14.9 Å². The topological polar surface area (TPSA) is 78.8 Å². The van der Waals surface area contributed by atoms with Gasteiger partial charge < -0.3 is 14.7 Å². The molecule has 2 aliphatic heterocycles. The molecule has 2 aromatic heterocycles. The van der Waals surface area contributed by atoms with Gasteiger partial charge in [-0.1, -0.05) is 38.1 Å². The minimum atomic E-state index is -0.814. The molecule has 1 aromatic carbocycles. The number of hydrogen-bond acceptors (Lipinski definition) is 6. The van der Waals surface area contributed by atoms with Crippen LogP contribution in [0.25, 0.3) is 11.1 Å². The Bertz CT molecular complexity index is 1360. The number of hydrogen-bond donors (Lipinski definition) is 1. The smallest absolute Gasteiger partial charge is 0.307 e. The van der Waals surface area contributed by atoms with E-state index in [0.717, 1.165) is 85.8 Å². The molecule has 7 heteroatoms. The van der Waals surface area contributed by atoms with E-state index in [9.17, 15) is 9.90 Å². The number of benzene rings is 1. The van der Waals surface area contributed by atoms with Crippen LogP contribution in [0.5, 0.6) is 5.88 Å². The van der Waals surface area contributed by atoms with Gasteiger partial charge in [0.25, 0.3) is 0 Å². The van der Waals surface area contributed by atoms with Gasteiger partial charge >= 0.3 is 5.97 Å². The Kier molecular flexibility index (Phi) is 7.63. The number of aryl methyl sites for hydroxylation is 2. The number of aliphatic carboxylic acids is 1. The van der Waals surface area contributed by atoms with E-state index < -0.39 is 5.97 Å². The zero-order valence-corrected chi connectivity index (χ0v) is 23.9. The predicted octanol–water partition coefficient (Wildman–Crippen LogP) is 5.58. The van der Waals surface area contributed by atoms with E-state index in [1.54, 1.807) is 7.11 Å². The molecule has 5 rings (SSSR count). The van der Waals surface area contributed by atoms with Crippen molar-refractivity contribution in [2.45, 2.75) is 66.5 Å². The average molecular weight is 529 g/mol. The number of methoxy groups -OCH3 is 1. The number of fused-ring (bicyclic) bond motifs is 1. The second-order valence-electron chi connectivity index (χ2n) is 11.9. The minimum Gasteiger partial charge on any atom is -0.481 e. The van der Waals surface area contributed by atoms with Crippen LogP contribution in [-0.4, -0.2) is 52.7 Å². The fraction of sp³-hybridized carbons (Fsp3) is 0.469. The molecule has 4 heterocycles. The lowest BCUT2D eigenvalue weighted by Gasteiger charge is -2.40. The van der Waals surface area contributed by atoms with Gasteiger partial charge in [-0.05, 0) is 60.8 Å². The van der Waals surface area contributed by atoms with Crippen molar-refractivity contribution in [2.24, 2.45) is 5.41 Å². The Morgan fingerprint density at radius 2 is 1.82 bits per heavy atom. The van der Waals surface area contributed by atoms with E-state index in [-0.39, 0.29) is 6.42 Å². The molecule has 206 valence electrons. The van der Waals surface area contributed by atoms with Crippen molar-refractivity contribution in [3.8, 4) is 17.0 Å². The fourth-order valence-electron chi connectivity index (χ4n) is 6.05. The first-order valence-electron chi connectivity index (χ1n) is 13.9. The molecule has 0 spiro atoms. The third-order valence-electron chi connectivity index (χ3n) is 8.42. The number of aromatic nitrogens is 2.